The van der Waals surface area contributed by atoms with E-state index in [4.69, 9.17) is 10.1 Å². The van der Waals surface area contributed by atoms with Gasteiger partial charge >= 0.3 is 0 Å². The van der Waals surface area contributed by atoms with E-state index >= 15 is 0 Å². The van der Waals surface area contributed by atoms with Gasteiger partial charge in [-0.15, -0.1) is 0 Å². The highest BCUT2D eigenvalue weighted by atomic mass is 16.5. The Labute approximate surface area is 174 Å². The van der Waals surface area contributed by atoms with Crippen LogP contribution in [0, 0.1) is 34.0 Å². The van der Waals surface area contributed by atoms with Gasteiger partial charge in [0, 0.05) is 31.0 Å². The highest BCUT2D eigenvalue weighted by molar-refractivity contribution is 6.01. The van der Waals surface area contributed by atoms with Crippen LogP contribution in [0.25, 0.3) is 0 Å². The third-order valence-electron chi connectivity index (χ3n) is 9.76. The molecule has 3 N–H and O–H groups in total. The maximum atomic E-state index is 12.7. The molecule has 0 aromatic heterocycles. The van der Waals surface area contributed by atoms with E-state index in [1.165, 1.54) is 6.21 Å². The molecule has 5 aliphatic rings. The summed E-state index contributed by atoms with van der Waals surface area (Å²) in [7, 11) is 0. The van der Waals surface area contributed by atoms with E-state index in [1.54, 1.807) is 0 Å². The van der Waals surface area contributed by atoms with E-state index in [0.717, 1.165) is 63.6 Å². The first-order valence-electron chi connectivity index (χ1n) is 11.7. The minimum Gasteiger partial charge on any atom is -0.385 e. The number of carbonyl (C=O) groups excluding carboxylic acids is 1. The number of hydrogen-bond donors (Lipinski definition) is 3. The number of aliphatic hydroxyl groups is 1. The molecule has 4 saturated carbocycles. The highest BCUT2D eigenvalue weighted by Gasteiger charge is 2.66. The average Bonchev–Trinajstić information content (AvgIpc) is 3.32. The molecule has 4 aliphatic carbocycles. The average molecular weight is 401 g/mol. The van der Waals surface area contributed by atoms with Crippen LogP contribution in [-0.4, -0.2) is 48.0 Å². The molecule has 0 aromatic rings. The first-order chi connectivity index (χ1) is 13.8. The lowest BCUT2D eigenvalue weighted by Crippen LogP contribution is -2.64. The molecule has 29 heavy (non-hydrogen) atoms. The lowest BCUT2D eigenvalue weighted by atomic mass is 9.42. The molecule has 0 radical (unpaired) electrons. The molecule has 5 heteroatoms. The molecule has 0 aromatic carbocycles. The standard InChI is InChI=1S/C24H36N2O3/c1-15-11-18-19(6-9-23(14-25)20(18)3-4-21(23)27)22(2)8-5-16(12-24(15,22)28)29-17-7-10-26-13-17/h14,16-20,25-26,28H,1,3-13H2,2H3/t16?,17-,18-,19+,20+,22-,23-,24+/m1/s1. The molecule has 0 bridgehead atoms. The van der Waals surface area contributed by atoms with Crippen molar-refractivity contribution in [2.45, 2.75) is 82.5 Å². The molecule has 5 rings (SSSR count). The first kappa shape index (κ1) is 19.9. The predicted octanol–water partition coefficient (Wildman–Crippen LogP) is 3.26. The molecule has 5 fully saturated rings. The summed E-state index contributed by atoms with van der Waals surface area (Å²) >= 11 is 0. The second-order valence-corrected chi connectivity index (χ2v) is 10.8. The molecule has 1 unspecified atom stereocenters. The van der Waals surface area contributed by atoms with Gasteiger partial charge in [-0.05, 0) is 74.8 Å². The lowest BCUT2D eigenvalue weighted by molar-refractivity contribution is -0.196. The van der Waals surface area contributed by atoms with Crippen LogP contribution in [0.1, 0.15) is 64.7 Å². The maximum Gasteiger partial charge on any atom is 0.144 e. The molecular formula is C24H36N2O3. The second-order valence-electron chi connectivity index (χ2n) is 10.8. The van der Waals surface area contributed by atoms with Gasteiger partial charge in [-0.25, -0.2) is 0 Å². The summed E-state index contributed by atoms with van der Waals surface area (Å²) in [5.41, 5.74) is -0.681. The van der Waals surface area contributed by atoms with Gasteiger partial charge in [0.2, 0.25) is 0 Å². The van der Waals surface area contributed by atoms with E-state index in [-0.39, 0.29) is 29.3 Å². The van der Waals surface area contributed by atoms with Crippen molar-refractivity contribution < 1.29 is 14.6 Å². The summed E-state index contributed by atoms with van der Waals surface area (Å²) in [5, 5.41) is 23.4. The minimum atomic E-state index is -0.879. The van der Waals surface area contributed by atoms with Crippen LogP contribution < -0.4 is 5.32 Å². The molecule has 160 valence electrons. The van der Waals surface area contributed by atoms with Gasteiger partial charge in [0.05, 0.1) is 23.2 Å². The summed E-state index contributed by atoms with van der Waals surface area (Å²) in [4.78, 5) is 12.7. The van der Waals surface area contributed by atoms with Crippen molar-refractivity contribution in [3.8, 4) is 0 Å². The topological polar surface area (TPSA) is 82.4 Å². The van der Waals surface area contributed by atoms with Crippen LogP contribution in [0.15, 0.2) is 12.2 Å². The highest BCUT2D eigenvalue weighted by Crippen LogP contribution is 2.67. The molecule has 1 saturated heterocycles. The third kappa shape index (κ3) is 2.63. The summed E-state index contributed by atoms with van der Waals surface area (Å²) in [5.74, 6) is 1.29. The summed E-state index contributed by atoms with van der Waals surface area (Å²) in [6.45, 7) is 8.60. The van der Waals surface area contributed by atoms with Crippen molar-refractivity contribution in [2.75, 3.05) is 13.1 Å². The fraction of sp³-hybridized carbons (Fsp3) is 0.833. The normalized spacial score (nSPS) is 52.0. The van der Waals surface area contributed by atoms with Gasteiger partial charge in [0.15, 0.2) is 0 Å². The molecule has 1 heterocycles. The van der Waals surface area contributed by atoms with Crippen LogP contribution >= 0.6 is 0 Å². The van der Waals surface area contributed by atoms with Gasteiger partial charge < -0.3 is 20.6 Å². The Kier molecular flexibility index (Phi) is 4.62. The smallest absolute Gasteiger partial charge is 0.144 e. The van der Waals surface area contributed by atoms with Crippen LogP contribution in [0.2, 0.25) is 0 Å². The number of rotatable bonds is 3. The molecule has 5 nitrogen and oxygen atoms in total. The quantitative estimate of drug-likeness (QED) is 0.502. The van der Waals surface area contributed by atoms with Crippen LogP contribution in [0.5, 0.6) is 0 Å². The summed E-state index contributed by atoms with van der Waals surface area (Å²) in [6.07, 6.45) is 9.52. The number of fused-ring (bicyclic) bond motifs is 5. The van der Waals surface area contributed by atoms with Crippen molar-refractivity contribution in [1.29, 1.82) is 5.41 Å². The zero-order valence-corrected chi connectivity index (χ0v) is 17.7. The van der Waals surface area contributed by atoms with Gasteiger partial charge in [0.1, 0.15) is 5.78 Å². The zero-order valence-electron chi connectivity index (χ0n) is 17.7. The number of ketones is 1. The van der Waals surface area contributed by atoms with Gasteiger partial charge in [-0.2, -0.15) is 0 Å². The van der Waals surface area contributed by atoms with E-state index < -0.39 is 11.0 Å². The Balaban J connectivity index is 1.41. The van der Waals surface area contributed by atoms with E-state index in [1.807, 2.05) is 0 Å². The Morgan fingerprint density at radius 3 is 2.76 bits per heavy atom. The SMILES string of the molecule is C=C1C[C@H]2[C@@H]3CCC(=O)[C@@]3(C=N)CC[C@@H]2[C@@]2(C)CCC(O[C@@H]3CCNC3)C[C@]12O. The maximum absolute atomic E-state index is 12.7. The monoisotopic (exact) mass is 400 g/mol. The van der Waals surface area contributed by atoms with Gasteiger partial charge in [0.25, 0.3) is 0 Å². The van der Waals surface area contributed by atoms with E-state index in [9.17, 15) is 9.90 Å². The van der Waals surface area contributed by atoms with Crippen molar-refractivity contribution >= 4 is 12.0 Å². The van der Waals surface area contributed by atoms with Crippen LogP contribution in [-0.2, 0) is 9.53 Å². The zero-order chi connectivity index (χ0) is 20.4. The minimum absolute atomic E-state index is 0.101. The Hall–Kier alpha value is -1.04. The van der Waals surface area contributed by atoms with Crippen molar-refractivity contribution in [2.24, 2.45) is 28.6 Å². The van der Waals surface area contributed by atoms with Gasteiger partial charge in [-0.3, -0.25) is 4.79 Å². The lowest BCUT2D eigenvalue weighted by Gasteiger charge is -2.64. The van der Waals surface area contributed by atoms with E-state index in [2.05, 4.69) is 18.8 Å². The van der Waals surface area contributed by atoms with E-state index in [0.29, 0.717) is 24.7 Å². The Bertz CT molecular complexity index is 732. The molecule has 0 spiro atoms. The molecule has 1 aliphatic heterocycles. The Morgan fingerprint density at radius 2 is 2.03 bits per heavy atom. The number of nitrogens with one attached hydrogen (secondary N) is 2. The second kappa shape index (κ2) is 6.73. The van der Waals surface area contributed by atoms with Crippen LogP contribution in [0.3, 0.4) is 0 Å². The first-order valence-corrected chi connectivity index (χ1v) is 11.7. The van der Waals surface area contributed by atoms with Crippen LogP contribution in [0.4, 0.5) is 0 Å². The largest absolute Gasteiger partial charge is 0.385 e. The molecular weight excluding hydrogens is 364 g/mol. The molecule has 0 amide bonds. The fourth-order valence-electron chi connectivity index (χ4n) is 8.09. The third-order valence-corrected chi connectivity index (χ3v) is 9.76. The van der Waals surface area contributed by atoms with Gasteiger partial charge in [-0.1, -0.05) is 13.5 Å². The predicted molar refractivity (Wildman–Crippen MR) is 112 cm³/mol. The number of hydrogen-bond acceptors (Lipinski definition) is 5. The van der Waals surface area contributed by atoms with Crippen molar-refractivity contribution in [3.05, 3.63) is 12.2 Å². The Morgan fingerprint density at radius 1 is 1.21 bits per heavy atom. The number of Topliss-reactive ketones (excluding diaryl/α,β-unsaturated/α-hetero) is 1. The fourth-order valence-corrected chi connectivity index (χ4v) is 8.09. The number of ether oxygens (including phenoxy) is 1. The number of carbonyl (C=O) groups is 1. The summed E-state index contributed by atoms with van der Waals surface area (Å²) in [6, 6.07) is 0. The van der Waals surface area contributed by atoms with Crippen molar-refractivity contribution in [1.82, 2.24) is 5.32 Å². The summed E-state index contributed by atoms with van der Waals surface area (Å²) < 4.78 is 6.37. The van der Waals surface area contributed by atoms with Crippen molar-refractivity contribution in [3.63, 3.8) is 0 Å². The molecule has 8 atom stereocenters.